The van der Waals surface area contributed by atoms with E-state index in [4.69, 9.17) is 5.73 Å². The van der Waals surface area contributed by atoms with Gasteiger partial charge in [0.25, 0.3) is 0 Å². The molecule has 2 unspecified atom stereocenters. The largest absolute Gasteiger partial charge is 0.388 e. The Bertz CT molecular complexity index is 517. The lowest BCUT2D eigenvalue weighted by Gasteiger charge is -2.33. The second kappa shape index (κ2) is 7.65. The molecular formula is C18H27ClN2O2. The molecule has 1 aromatic carbocycles. The van der Waals surface area contributed by atoms with E-state index in [1.165, 1.54) is 0 Å². The topological polar surface area (TPSA) is 66.6 Å². The summed E-state index contributed by atoms with van der Waals surface area (Å²) in [4.78, 5) is 14.8. The van der Waals surface area contributed by atoms with Crippen LogP contribution in [0.4, 0.5) is 0 Å². The normalized spacial score (nSPS) is 24.3. The molecule has 2 atom stereocenters. The zero-order valence-electron chi connectivity index (χ0n) is 13.5. The molecule has 3 N–H and O–H groups in total. The lowest BCUT2D eigenvalue weighted by molar-refractivity contribution is -0.138. The SMILES string of the molecule is Cl.NC1(C(=O)N2CCCC2CC(O)c2ccccc2)CCCC1. The fourth-order valence-electron chi connectivity index (χ4n) is 3.92. The minimum atomic E-state index is -0.652. The van der Waals surface area contributed by atoms with Gasteiger partial charge in [0.05, 0.1) is 11.6 Å². The summed E-state index contributed by atoms with van der Waals surface area (Å²) in [5, 5.41) is 10.4. The van der Waals surface area contributed by atoms with Gasteiger partial charge in [0.15, 0.2) is 0 Å². The molecule has 0 aromatic heterocycles. The number of amides is 1. The Balaban J connectivity index is 0.00000192. The van der Waals surface area contributed by atoms with E-state index in [1.54, 1.807) is 0 Å². The standard InChI is InChI=1S/C18H26N2O2.ClH/c19-18(10-4-5-11-18)17(22)20-12-6-9-15(20)13-16(21)14-7-2-1-3-8-14;/h1-3,7-8,15-16,21H,4-6,9-13,19H2;1H. The maximum absolute atomic E-state index is 12.8. The van der Waals surface area contributed by atoms with E-state index in [0.29, 0.717) is 6.42 Å². The number of benzene rings is 1. The smallest absolute Gasteiger partial charge is 0.242 e. The molecule has 4 nitrogen and oxygen atoms in total. The third-order valence-electron chi connectivity index (χ3n) is 5.24. The third-order valence-corrected chi connectivity index (χ3v) is 5.24. The zero-order valence-corrected chi connectivity index (χ0v) is 14.3. The molecule has 0 spiro atoms. The summed E-state index contributed by atoms with van der Waals surface area (Å²) >= 11 is 0. The molecule has 128 valence electrons. The van der Waals surface area contributed by atoms with Gasteiger partial charge in [0, 0.05) is 12.6 Å². The monoisotopic (exact) mass is 338 g/mol. The Morgan fingerprint density at radius 3 is 2.57 bits per heavy atom. The predicted molar refractivity (Wildman–Crippen MR) is 93.4 cm³/mol. The Morgan fingerprint density at radius 2 is 1.91 bits per heavy atom. The Morgan fingerprint density at radius 1 is 1.26 bits per heavy atom. The van der Waals surface area contributed by atoms with Crippen molar-refractivity contribution in [2.75, 3.05) is 6.54 Å². The molecule has 1 aromatic rings. The molecule has 3 rings (SSSR count). The van der Waals surface area contributed by atoms with Crippen molar-refractivity contribution in [3.8, 4) is 0 Å². The number of nitrogens with zero attached hydrogens (tertiary/aromatic N) is 1. The van der Waals surface area contributed by atoms with Crippen molar-refractivity contribution in [1.29, 1.82) is 0 Å². The fourth-order valence-corrected chi connectivity index (χ4v) is 3.92. The highest BCUT2D eigenvalue weighted by Gasteiger charge is 2.43. The molecule has 1 aliphatic heterocycles. The number of rotatable bonds is 4. The van der Waals surface area contributed by atoms with E-state index in [9.17, 15) is 9.90 Å². The molecule has 2 aliphatic rings. The molecule has 0 radical (unpaired) electrons. The zero-order chi connectivity index (χ0) is 15.6. The number of likely N-dealkylation sites (tertiary alicyclic amines) is 1. The van der Waals surface area contributed by atoms with Gasteiger partial charge in [0.2, 0.25) is 5.91 Å². The maximum Gasteiger partial charge on any atom is 0.242 e. The van der Waals surface area contributed by atoms with Crippen LogP contribution < -0.4 is 5.73 Å². The highest BCUT2D eigenvalue weighted by atomic mass is 35.5. The number of hydrogen-bond acceptors (Lipinski definition) is 3. The highest BCUT2D eigenvalue weighted by molar-refractivity contribution is 5.87. The van der Waals surface area contributed by atoms with Gasteiger partial charge in [-0.2, -0.15) is 0 Å². The number of nitrogens with two attached hydrogens (primary N) is 1. The number of carbonyl (C=O) groups excluding carboxylic acids is 1. The fraction of sp³-hybridized carbons (Fsp3) is 0.611. The first kappa shape index (κ1) is 18.2. The second-order valence-electron chi connectivity index (χ2n) is 6.82. The highest BCUT2D eigenvalue weighted by Crippen LogP contribution is 2.34. The van der Waals surface area contributed by atoms with E-state index in [-0.39, 0.29) is 24.4 Å². The van der Waals surface area contributed by atoms with Crippen molar-refractivity contribution >= 4 is 18.3 Å². The van der Waals surface area contributed by atoms with E-state index in [1.807, 2.05) is 35.2 Å². The van der Waals surface area contributed by atoms with Gasteiger partial charge in [-0.15, -0.1) is 12.4 Å². The molecule has 1 aliphatic carbocycles. The van der Waals surface area contributed by atoms with Gasteiger partial charge < -0.3 is 15.7 Å². The Kier molecular flexibility index (Phi) is 6.06. The van der Waals surface area contributed by atoms with Gasteiger partial charge in [-0.05, 0) is 37.7 Å². The van der Waals surface area contributed by atoms with Gasteiger partial charge in [-0.25, -0.2) is 0 Å². The molecule has 0 bridgehead atoms. The second-order valence-corrected chi connectivity index (χ2v) is 6.82. The molecule has 1 saturated heterocycles. The van der Waals surface area contributed by atoms with Gasteiger partial charge >= 0.3 is 0 Å². The van der Waals surface area contributed by atoms with Crippen LogP contribution in [0.15, 0.2) is 30.3 Å². The summed E-state index contributed by atoms with van der Waals surface area (Å²) in [5.74, 6) is 0.104. The van der Waals surface area contributed by atoms with Gasteiger partial charge in [-0.1, -0.05) is 43.2 Å². The van der Waals surface area contributed by atoms with Crippen LogP contribution in [0.3, 0.4) is 0 Å². The quantitative estimate of drug-likeness (QED) is 0.887. The number of aliphatic hydroxyl groups is 1. The first-order valence-electron chi connectivity index (χ1n) is 8.43. The molecule has 5 heteroatoms. The summed E-state index contributed by atoms with van der Waals surface area (Å²) in [6.45, 7) is 0.782. The molecule has 1 heterocycles. The van der Waals surface area contributed by atoms with Crippen molar-refractivity contribution in [3.05, 3.63) is 35.9 Å². The first-order chi connectivity index (χ1) is 10.6. The van der Waals surface area contributed by atoms with Crippen LogP contribution in [0, 0.1) is 0 Å². The molecular weight excluding hydrogens is 312 g/mol. The predicted octanol–water partition coefficient (Wildman–Crippen LogP) is 2.79. The van der Waals surface area contributed by atoms with Crippen LogP contribution in [-0.4, -0.2) is 34.0 Å². The molecule has 1 amide bonds. The molecule has 1 saturated carbocycles. The summed E-state index contributed by atoms with van der Waals surface area (Å²) in [5.41, 5.74) is 6.60. The van der Waals surface area contributed by atoms with E-state index >= 15 is 0 Å². The number of carbonyl (C=O) groups is 1. The minimum Gasteiger partial charge on any atom is -0.388 e. The van der Waals surface area contributed by atoms with Crippen LogP contribution in [0.25, 0.3) is 0 Å². The van der Waals surface area contributed by atoms with Crippen LogP contribution in [0.1, 0.15) is 56.6 Å². The van der Waals surface area contributed by atoms with E-state index in [2.05, 4.69) is 0 Å². The average molecular weight is 339 g/mol. The summed E-state index contributed by atoms with van der Waals surface area (Å²) in [6.07, 6.45) is 5.76. The van der Waals surface area contributed by atoms with Crippen molar-refractivity contribution in [2.24, 2.45) is 5.73 Å². The number of hydrogen-bond donors (Lipinski definition) is 2. The third kappa shape index (κ3) is 3.87. The van der Waals surface area contributed by atoms with E-state index in [0.717, 1.165) is 50.6 Å². The van der Waals surface area contributed by atoms with Crippen LogP contribution >= 0.6 is 12.4 Å². The Hall–Kier alpha value is -1.10. The molecule has 2 fully saturated rings. The molecule has 23 heavy (non-hydrogen) atoms. The van der Waals surface area contributed by atoms with Crippen LogP contribution in [0.2, 0.25) is 0 Å². The van der Waals surface area contributed by atoms with Crippen molar-refractivity contribution in [1.82, 2.24) is 4.90 Å². The van der Waals surface area contributed by atoms with Crippen LogP contribution in [-0.2, 0) is 4.79 Å². The van der Waals surface area contributed by atoms with Crippen molar-refractivity contribution < 1.29 is 9.90 Å². The Labute approximate surface area is 144 Å². The van der Waals surface area contributed by atoms with Gasteiger partial charge in [-0.3, -0.25) is 4.79 Å². The van der Waals surface area contributed by atoms with Crippen molar-refractivity contribution in [3.63, 3.8) is 0 Å². The lowest BCUT2D eigenvalue weighted by atomic mass is 9.95. The van der Waals surface area contributed by atoms with Crippen LogP contribution in [0.5, 0.6) is 0 Å². The number of halogens is 1. The maximum atomic E-state index is 12.8. The van der Waals surface area contributed by atoms with Crippen molar-refractivity contribution in [2.45, 2.75) is 62.6 Å². The summed E-state index contributed by atoms with van der Waals surface area (Å²) in [7, 11) is 0. The first-order valence-corrected chi connectivity index (χ1v) is 8.43. The summed E-state index contributed by atoms with van der Waals surface area (Å²) in [6, 6.07) is 9.80. The average Bonchev–Trinajstić information content (AvgIpc) is 3.17. The minimum absolute atomic E-state index is 0. The number of aliphatic hydroxyl groups excluding tert-OH is 1. The summed E-state index contributed by atoms with van der Waals surface area (Å²) < 4.78 is 0. The van der Waals surface area contributed by atoms with E-state index < -0.39 is 11.6 Å². The van der Waals surface area contributed by atoms with Gasteiger partial charge in [0.1, 0.15) is 0 Å². The lowest BCUT2D eigenvalue weighted by Crippen LogP contribution is -2.55.